The zero-order chi connectivity index (χ0) is 23.2. The lowest BCUT2D eigenvalue weighted by Gasteiger charge is -2.36. The third-order valence-electron chi connectivity index (χ3n) is 7.09. The number of halogens is 2. The van der Waals surface area contributed by atoms with Crippen molar-refractivity contribution >= 4 is 29.1 Å². The third-order valence-corrected chi connectivity index (χ3v) is 7.44. The highest BCUT2D eigenvalue weighted by Gasteiger charge is 2.51. The Morgan fingerprint density at radius 3 is 2.88 bits per heavy atom. The first kappa shape index (κ1) is 21.8. The molecule has 1 atom stereocenters. The minimum Gasteiger partial charge on any atom is -0.349 e. The number of hydrogen-bond donors (Lipinski definition) is 1. The number of benzene rings is 1. The minimum absolute atomic E-state index is 0.00508. The van der Waals surface area contributed by atoms with Gasteiger partial charge < -0.3 is 10.2 Å². The Balaban J connectivity index is 1.23. The molecule has 2 fully saturated rings. The Morgan fingerprint density at radius 2 is 2.12 bits per heavy atom. The van der Waals surface area contributed by atoms with Gasteiger partial charge in [0.05, 0.1) is 11.6 Å². The van der Waals surface area contributed by atoms with Crippen LogP contribution in [0.3, 0.4) is 0 Å². The second-order valence-electron chi connectivity index (χ2n) is 9.20. The molecule has 1 unspecified atom stereocenters. The van der Waals surface area contributed by atoms with Crippen molar-refractivity contribution in [3.63, 3.8) is 0 Å². The Kier molecular flexibility index (Phi) is 5.56. The number of carbonyl (C=O) groups is 2. The lowest BCUT2D eigenvalue weighted by Crippen LogP contribution is -2.43. The molecule has 2 aliphatic rings. The van der Waals surface area contributed by atoms with Gasteiger partial charge in [-0.2, -0.15) is 5.10 Å². The number of aromatic nitrogens is 3. The van der Waals surface area contributed by atoms with E-state index in [-0.39, 0.29) is 29.7 Å². The van der Waals surface area contributed by atoms with Crippen LogP contribution >= 0.6 is 11.6 Å². The second-order valence-corrected chi connectivity index (χ2v) is 9.60. The van der Waals surface area contributed by atoms with Gasteiger partial charge in [0.15, 0.2) is 5.65 Å². The number of nitrogens with one attached hydrogen (secondary N) is 1. The molecule has 3 heterocycles. The number of rotatable bonds is 4. The maximum absolute atomic E-state index is 13.4. The van der Waals surface area contributed by atoms with Gasteiger partial charge in [0, 0.05) is 36.0 Å². The zero-order valence-electron chi connectivity index (χ0n) is 18.3. The Labute approximate surface area is 195 Å². The molecule has 1 saturated heterocycles. The fourth-order valence-electron chi connectivity index (χ4n) is 5.31. The molecule has 1 aromatic carbocycles. The molecule has 1 spiro atoms. The van der Waals surface area contributed by atoms with Gasteiger partial charge in [0.1, 0.15) is 11.4 Å². The highest BCUT2D eigenvalue weighted by atomic mass is 35.5. The molecule has 0 bridgehead atoms. The summed E-state index contributed by atoms with van der Waals surface area (Å²) in [7, 11) is 0. The predicted molar refractivity (Wildman–Crippen MR) is 121 cm³/mol. The first-order chi connectivity index (χ1) is 15.9. The highest BCUT2D eigenvalue weighted by Crippen LogP contribution is 2.47. The van der Waals surface area contributed by atoms with Crippen molar-refractivity contribution in [1.82, 2.24) is 24.8 Å². The average Bonchev–Trinajstić information content (AvgIpc) is 3.32. The normalized spacial score (nSPS) is 25.2. The molecule has 0 radical (unpaired) electrons. The van der Waals surface area contributed by atoms with E-state index in [2.05, 4.69) is 22.3 Å². The van der Waals surface area contributed by atoms with Gasteiger partial charge in [0.2, 0.25) is 5.91 Å². The fourth-order valence-corrected chi connectivity index (χ4v) is 5.54. The summed E-state index contributed by atoms with van der Waals surface area (Å²) in [6.45, 7) is 2.43. The standard InChI is InChI=1S/C24H25ClFN5O2/c1-15-12-24(23(33)30(15)14-16-3-4-17(26)11-20(16)25)7-5-18(6-8-24)29-22(32)19-13-28-31-10-2-9-27-21(19)31/h2-4,9-11,13,15,18H,5-8,12,14H2,1H3,(H,29,32). The number of amides is 2. The van der Waals surface area contributed by atoms with Crippen LogP contribution in [0.15, 0.2) is 42.9 Å². The van der Waals surface area contributed by atoms with Gasteiger partial charge in [-0.15, -0.1) is 0 Å². The Morgan fingerprint density at radius 1 is 1.33 bits per heavy atom. The maximum Gasteiger partial charge on any atom is 0.256 e. The van der Waals surface area contributed by atoms with Gasteiger partial charge >= 0.3 is 0 Å². The summed E-state index contributed by atoms with van der Waals surface area (Å²) in [5, 5.41) is 7.61. The molecular weight excluding hydrogens is 445 g/mol. The maximum atomic E-state index is 13.4. The van der Waals surface area contributed by atoms with Crippen LogP contribution in [0.25, 0.3) is 5.65 Å². The van der Waals surface area contributed by atoms with Gasteiger partial charge in [0.25, 0.3) is 5.91 Å². The lowest BCUT2D eigenvalue weighted by atomic mass is 9.70. The second kappa shape index (κ2) is 8.41. The molecule has 1 saturated carbocycles. The number of nitrogens with zero attached hydrogens (tertiary/aromatic N) is 4. The fraction of sp³-hybridized carbons (Fsp3) is 0.417. The van der Waals surface area contributed by atoms with Gasteiger partial charge in [-0.25, -0.2) is 13.9 Å². The smallest absolute Gasteiger partial charge is 0.256 e. The van der Waals surface area contributed by atoms with E-state index in [1.54, 1.807) is 29.0 Å². The molecule has 172 valence electrons. The van der Waals surface area contributed by atoms with Crippen molar-refractivity contribution in [3.05, 3.63) is 64.8 Å². The largest absolute Gasteiger partial charge is 0.349 e. The van der Waals surface area contributed by atoms with Crippen LogP contribution in [0.5, 0.6) is 0 Å². The van der Waals surface area contributed by atoms with Crippen LogP contribution in [0.4, 0.5) is 4.39 Å². The topological polar surface area (TPSA) is 79.6 Å². The van der Waals surface area contributed by atoms with E-state index in [1.807, 2.05) is 4.90 Å². The molecule has 3 aromatic rings. The SMILES string of the molecule is CC1CC2(CCC(NC(=O)c3cnn4cccnc34)CC2)C(=O)N1Cc1ccc(F)cc1Cl. The van der Waals surface area contributed by atoms with Crippen LogP contribution in [0.1, 0.15) is 54.9 Å². The van der Waals surface area contributed by atoms with Gasteiger partial charge in [-0.3, -0.25) is 9.59 Å². The van der Waals surface area contributed by atoms with Crippen LogP contribution in [-0.2, 0) is 11.3 Å². The van der Waals surface area contributed by atoms with Crippen molar-refractivity contribution in [2.45, 2.75) is 57.7 Å². The molecule has 2 amide bonds. The first-order valence-corrected chi connectivity index (χ1v) is 11.6. The molecule has 5 rings (SSSR count). The van der Waals surface area contributed by atoms with E-state index in [4.69, 9.17) is 11.6 Å². The van der Waals surface area contributed by atoms with Crippen LogP contribution in [0, 0.1) is 11.2 Å². The summed E-state index contributed by atoms with van der Waals surface area (Å²) in [5.74, 6) is -0.448. The number of hydrogen-bond acceptors (Lipinski definition) is 4. The van der Waals surface area contributed by atoms with Gasteiger partial charge in [-0.1, -0.05) is 17.7 Å². The molecule has 7 nitrogen and oxygen atoms in total. The Bertz CT molecular complexity index is 1220. The van der Waals surface area contributed by atoms with Crippen molar-refractivity contribution in [3.8, 4) is 0 Å². The summed E-state index contributed by atoms with van der Waals surface area (Å²) in [6.07, 6.45) is 8.62. The lowest BCUT2D eigenvalue weighted by molar-refractivity contribution is -0.138. The summed E-state index contributed by atoms with van der Waals surface area (Å²) >= 11 is 6.20. The number of carbonyl (C=O) groups excluding carboxylic acids is 2. The van der Waals surface area contributed by atoms with Gasteiger partial charge in [-0.05, 0) is 62.8 Å². The summed E-state index contributed by atoms with van der Waals surface area (Å²) < 4.78 is 15.0. The van der Waals surface area contributed by atoms with E-state index in [9.17, 15) is 14.0 Å². The van der Waals surface area contributed by atoms with E-state index in [0.717, 1.165) is 37.7 Å². The monoisotopic (exact) mass is 469 g/mol. The van der Waals surface area contributed by atoms with E-state index >= 15 is 0 Å². The van der Waals surface area contributed by atoms with E-state index < -0.39 is 5.41 Å². The molecular formula is C24H25ClFN5O2. The van der Waals surface area contributed by atoms with E-state index in [0.29, 0.717) is 22.8 Å². The van der Waals surface area contributed by atoms with Crippen LogP contribution in [0.2, 0.25) is 5.02 Å². The molecule has 2 aromatic heterocycles. The summed E-state index contributed by atoms with van der Waals surface area (Å²) in [6, 6.07) is 6.14. The average molecular weight is 470 g/mol. The molecule has 9 heteroatoms. The van der Waals surface area contributed by atoms with E-state index in [1.165, 1.54) is 18.3 Å². The third kappa shape index (κ3) is 3.97. The van der Waals surface area contributed by atoms with Crippen molar-refractivity contribution in [2.24, 2.45) is 5.41 Å². The molecule has 1 aliphatic heterocycles. The molecule has 1 aliphatic carbocycles. The minimum atomic E-state index is -0.404. The first-order valence-electron chi connectivity index (χ1n) is 11.2. The zero-order valence-corrected chi connectivity index (χ0v) is 19.1. The van der Waals surface area contributed by atoms with Crippen LogP contribution < -0.4 is 5.32 Å². The molecule has 1 N–H and O–H groups in total. The summed E-state index contributed by atoms with van der Waals surface area (Å²) in [4.78, 5) is 32.4. The van der Waals surface area contributed by atoms with Crippen molar-refractivity contribution in [2.75, 3.05) is 0 Å². The van der Waals surface area contributed by atoms with Crippen molar-refractivity contribution < 1.29 is 14.0 Å². The quantitative estimate of drug-likeness (QED) is 0.626. The predicted octanol–water partition coefficient (Wildman–Crippen LogP) is 4.00. The Hall–Kier alpha value is -3.00. The number of likely N-dealkylation sites (tertiary alicyclic amines) is 1. The molecule has 33 heavy (non-hydrogen) atoms. The van der Waals surface area contributed by atoms with Crippen molar-refractivity contribution in [1.29, 1.82) is 0 Å². The number of fused-ring (bicyclic) bond motifs is 1. The van der Waals surface area contributed by atoms with Crippen LogP contribution in [-0.4, -0.2) is 43.4 Å². The highest BCUT2D eigenvalue weighted by molar-refractivity contribution is 6.31. The summed E-state index contributed by atoms with van der Waals surface area (Å²) in [5.41, 5.74) is 1.32.